The fourth-order valence-corrected chi connectivity index (χ4v) is 4.57. The van der Waals surface area contributed by atoms with E-state index in [0.717, 1.165) is 37.0 Å². The summed E-state index contributed by atoms with van der Waals surface area (Å²) < 4.78 is 16.7. The van der Waals surface area contributed by atoms with Crippen LogP contribution in [0.5, 0.6) is 17.2 Å². The van der Waals surface area contributed by atoms with Gasteiger partial charge in [0.05, 0.1) is 26.4 Å². The lowest BCUT2D eigenvalue weighted by molar-refractivity contribution is -0.125. The van der Waals surface area contributed by atoms with Gasteiger partial charge in [0.25, 0.3) is 5.91 Å². The zero-order valence-electron chi connectivity index (χ0n) is 22.0. The van der Waals surface area contributed by atoms with E-state index >= 15 is 0 Å². The molecule has 1 aliphatic rings. The fraction of sp³-hybridized carbons (Fsp3) is 0.367. The Morgan fingerprint density at radius 3 is 2.58 bits per heavy atom. The van der Waals surface area contributed by atoms with Crippen LogP contribution in [-0.2, 0) is 17.8 Å². The van der Waals surface area contributed by atoms with Gasteiger partial charge in [-0.3, -0.25) is 14.6 Å². The quantitative estimate of drug-likeness (QED) is 0.379. The van der Waals surface area contributed by atoms with Crippen LogP contribution in [0.25, 0.3) is 0 Å². The molecule has 1 atom stereocenters. The second-order valence-corrected chi connectivity index (χ2v) is 9.26. The second kappa shape index (κ2) is 13.5. The molecular formula is C30H35N3O5. The maximum Gasteiger partial charge on any atom is 0.258 e. The Morgan fingerprint density at radius 1 is 1.03 bits per heavy atom. The summed E-state index contributed by atoms with van der Waals surface area (Å²) in [5, 5.41) is 2.96. The molecule has 0 unspecified atom stereocenters. The average molecular weight is 518 g/mol. The van der Waals surface area contributed by atoms with Crippen molar-refractivity contribution in [2.24, 2.45) is 0 Å². The molecule has 1 N–H and O–H groups in total. The lowest BCUT2D eigenvalue weighted by atomic mass is 10.0. The number of methoxy groups -OCH3 is 2. The Hall–Kier alpha value is -4.07. The van der Waals surface area contributed by atoms with Crippen LogP contribution in [0.1, 0.15) is 47.2 Å². The number of rotatable bonds is 11. The van der Waals surface area contributed by atoms with Crippen molar-refractivity contribution in [3.63, 3.8) is 0 Å². The Kier molecular flexibility index (Phi) is 9.56. The van der Waals surface area contributed by atoms with Gasteiger partial charge in [-0.2, -0.15) is 0 Å². The third kappa shape index (κ3) is 7.03. The SMILES string of the molecule is COc1ccc(C(=O)N(Cc2ccc(OCCCc3cccnc3)cc2)[C@H]2CCCCNC2=O)c(OC)c1. The summed E-state index contributed by atoms with van der Waals surface area (Å²) in [5.41, 5.74) is 2.48. The highest BCUT2D eigenvalue weighted by Crippen LogP contribution is 2.28. The Bertz CT molecular complexity index is 1200. The Labute approximate surface area is 223 Å². The Morgan fingerprint density at radius 2 is 1.84 bits per heavy atom. The molecule has 8 nitrogen and oxygen atoms in total. The van der Waals surface area contributed by atoms with Crippen molar-refractivity contribution in [3.8, 4) is 17.2 Å². The first-order valence-corrected chi connectivity index (χ1v) is 13.0. The molecule has 38 heavy (non-hydrogen) atoms. The Balaban J connectivity index is 1.47. The number of ether oxygens (including phenoxy) is 3. The van der Waals surface area contributed by atoms with Gasteiger partial charge in [0.1, 0.15) is 23.3 Å². The zero-order chi connectivity index (χ0) is 26.7. The van der Waals surface area contributed by atoms with E-state index in [-0.39, 0.29) is 18.4 Å². The summed E-state index contributed by atoms with van der Waals surface area (Å²) in [6, 6.07) is 16.2. The van der Waals surface area contributed by atoms with Crippen molar-refractivity contribution in [2.75, 3.05) is 27.4 Å². The van der Waals surface area contributed by atoms with Crippen LogP contribution in [0.3, 0.4) is 0 Å². The minimum Gasteiger partial charge on any atom is -0.497 e. The molecule has 200 valence electrons. The lowest BCUT2D eigenvalue weighted by Crippen LogP contribution is -2.48. The van der Waals surface area contributed by atoms with E-state index in [1.165, 1.54) is 12.7 Å². The van der Waals surface area contributed by atoms with Crippen LogP contribution >= 0.6 is 0 Å². The molecule has 1 aromatic heterocycles. The number of nitrogens with one attached hydrogen (secondary N) is 1. The predicted octanol–water partition coefficient (Wildman–Crippen LogP) is 4.42. The van der Waals surface area contributed by atoms with E-state index in [1.54, 1.807) is 36.4 Å². The monoisotopic (exact) mass is 517 g/mol. The van der Waals surface area contributed by atoms with Crippen LogP contribution in [0.4, 0.5) is 0 Å². The fourth-order valence-electron chi connectivity index (χ4n) is 4.57. The van der Waals surface area contributed by atoms with E-state index in [9.17, 15) is 9.59 Å². The highest BCUT2D eigenvalue weighted by atomic mass is 16.5. The van der Waals surface area contributed by atoms with Crippen molar-refractivity contribution >= 4 is 11.8 Å². The van der Waals surface area contributed by atoms with Gasteiger partial charge in [0.2, 0.25) is 5.91 Å². The molecule has 3 aromatic rings. The summed E-state index contributed by atoms with van der Waals surface area (Å²) >= 11 is 0. The van der Waals surface area contributed by atoms with Gasteiger partial charge in [-0.1, -0.05) is 18.2 Å². The molecule has 1 aliphatic heterocycles. The largest absolute Gasteiger partial charge is 0.497 e. The maximum atomic E-state index is 13.8. The molecule has 2 amide bonds. The minimum atomic E-state index is -0.569. The topological polar surface area (TPSA) is 90.0 Å². The smallest absolute Gasteiger partial charge is 0.258 e. The van der Waals surface area contributed by atoms with Crippen LogP contribution in [0.15, 0.2) is 67.0 Å². The van der Waals surface area contributed by atoms with Gasteiger partial charge in [-0.05, 0) is 73.6 Å². The van der Waals surface area contributed by atoms with Gasteiger partial charge in [0.15, 0.2) is 0 Å². The minimum absolute atomic E-state index is 0.128. The van der Waals surface area contributed by atoms with E-state index in [1.807, 2.05) is 36.5 Å². The van der Waals surface area contributed by atoms with Gasteiger partial charge in [0, 0.05) is 31.5 Å². The number of aryl methyl sites for hydroxylation is 1. The second-order valence-electron chi connectivity index (χ2n) is 9.26. The van der Waals surface area contributed by atoms with Crippen molar-refractivity contribution in [1.29, 1.82) is 0 Å². The molecule has 1 saturated heterocycles. The first-order valence-electron chi connectivity index (χ1n) is 13.0. The average Bonchev–Trinajstić information content (AvgIpc) is 3.18. The highest BCUT2D eigenvalue weighted by Gasteiger charge is 2.32. The normalized spacial score (nSPS) is 15.2. The molecule has 0 spiro atoms. The van der Waals surface area contributed by atoms with Gasteiger partial charge < -0.3 is 24.4 Å². The van der Waals surface area contributed by atoms with Crippen LogP contribution in [-0.4, -0.2) is 55.1 Å². The summed E-state index contributed by atoms with van der Waals surface area (Å²) in [5.74, 6) is 1.37. The molecule has 8 heteroatoms. The van der Waals surface area contributed by atoms with E-state index in [4.69, 9.17) is 14.2 Å². The number of benzene rings is 2. The summed E-state index contributed by atoms with van der Waals surface area (Å²) in [4.78, 5) is 32.6. The number of pyridine rings is 1. The number of hydrogen-bond donors (Lipinski definition) is 1. The lowest BCUT2D eigenvalue weighted by Gasteiger charge is -2.30. The molecule has 2 heterocycles. The van der Waals surface area contributed by atoms with Gasteiger partial charge >= 0.3 is 0 Å². The molecule has 0 saturated carbocycles. The van der Waals surface area contributed by atoms with Crippen LogP contribution in [0, 0.1) is 0 Å². The van der Waals surface area contributed by atoms with Crippen LogP contribution < -0.4 is 19.5 Å². The number of amides is 2. The molecule has 0 aliphatic carbocycles. The molecule has 0 bridgehead atoms. The molecule has 4 rings (SSSR count). The van der Waals surface area contributed by atoms with E-state index in [0.29, 0.717) is 36.6 Å². The van der Waals surface area contributed by atoms with E-state index in [2.05, 4.69) is 16.4 Å². The van der Waals surface area contributed by atoms with E-state index < -0.39 is 6.04 Å². The first-order chi connectivity index (χ1) is 18.6. The van der Waals surface area contributed by atoms with Gasteiger partial charge in [-0.25, -0.2) is 0 Å². The molecule has 1 fully saturated rings. The maximum absolute atomic E-state index is 13.8. The first kappa shape index (κ1) is 27.0. The number of aromatic nitrogens is 1. The molecular weight excluding hydrogens is 482 g/mol. The van der Waals surface area contributed by atoms with Crippen molar-refractivity contribution < 1.29 is 23.8 Å². The summed E-state index contributed by atoms with van der Waals surface area (Å²) in [6.45, 7) is 1.50. The van der Waals surface area contributed by atoms with Crippen molar-refractivity contribution in [3.05, 3.63) is 83.7 Å². The summed E-state index contributed by atoms with van der Waals surface area (Å²) in [6.07, 6.45) is 7.79. The highest BCUT2D eigenvalue weighted by molar-refractivity contribution is 6.00. The van der Waals surface area contributed by atoms with Crippen LogP contribution in [0.2, 0.25) is 0 Å². The number of hydrogen-bond acceptors (Lipinski definition) is 6. The van der Waals surface area contributed by atoms with Crippen molar-refractivity contribution in [1.82, 2.24) is 15.2 Å². The summed E-state index contributed by atoms with van der Waals surface area (Å²) in [7, 11) is 3.08. The standard InChI is InChI=1S/C30H35N3O5/c1-36-25-14-15-26(28(19-25)37-2)30(35)33(27-9-3-4-17-32-29(27)34)21-23-10-12-24(13-11-23)38-18-6-8-22-7-5-16-31-20-22/h5,7,10-16,19-20,27H,3-4,6,8-9,17-18,21H2,1-2H3,(H,32,34)/t27-/m0/s1. The van der Waals surface area contributed by atoms with Gasteiger partial charge in [-0.15, -0.1) is 0 Å². The zero-order valence-corrected chi connectivity index (χ0v) is 22.0. The number of carbonyl (C=O) groups is 2. The predicted molar refractivity (Wildman–Crippen MR) is 145 cm³/mol. The third-order valence-electron chi connectivity index (χ3n) is 6.66. The number of carbonyl (C=O) groups excluding carboxylic acids is 2. The molecule has 2 aromatic carbocycles. The third-order valence-corrected chi connectivity index (χ3v) is 6.66. The van der Waals surface area contributed by atoms with Crippen molar-refractivity contribution in [2.45, 2.75) is 44.7 Å². The number of nitrogens with zero attached hydrogens (tertiary/aromatic N) is 2. The molecule has 0 radical (unpaired) electrons.